The van der Waals surface area contributed by atoms with Crippen LogP contribution in [0.2, 0.25) is 0 Å². The molecule has 0 amide bonds. The van der Waals surface area contributed by atoms with Crippen LogP contribution in [-0.4, -0.2) is 9.55 Å². The standard InChI is InChI=1S/C13H14BrClN2/c1-7-5-12(7)17-11-4-3-9(14)6-10(11)16-13(17)8(2)15/h3-4,6-8,12H,5H2,1-2H3. The number of hydrogen-bond acceptors (Lipinski definition) is 1. The van der Waals surface area contributed by atoms with Gasteiger partial charge in [0, 0.05) is 10.5 Å². The van der Waals surface area contributed by atoms with Gasteiger partial charge >= 0.3 is 0 Å². The number of halogens is 2. The Morgan fingerprint density at radius 1 is 1.53 bits per heavy atom. The summed E-state index contributed by atoms with van der Waals surface area (Å²) in [5.41, 5.74) is 2.23. The largest absolute Gasteiger partial charge is 0.323 e. The monoisotopic (exact) mass is 312 g/mol. The summed E-state index contributed by atoms with van der Waals surface area (Å²) in [5.74, 6) is 1.74. The van der Waals surface area contributed by atoms with Crippen LogP contribution >= 0.6 is 27.5 Å². The zero-order valence-electron chi connectivity index (χ0n) is 9.82. The molecule has 2 nitrogen and oxygen atoms in total. The number of alkyl halides is 1. The number of benzene rings is 1. The minimum absolute atomic E-state index is 0.0472. The Morgan fingerprint density at radius 2 is 2.24 bits per heavy atom. The molecule has 1 fully saturated rings. The molecule has 0 radical (unpaired) electrons. The lowest BCUT2D eigenvalue weighted by Gasteiger charge is -2.09. The molecule has 1 aromatic carbocycles. The van der Waals surface area contributed by atoms with Crippen LogP contribution < -0.4 is 0 Å². The van der Waals surface area contributed by atoms with Crippen molar-refractivity contribution in [1.29, 1.82) is 0 Å². The van der Waals surface area contributed by atoms with Crippen molar-refractivity contribution >= 4 is 38.6 Å². The number of imidazole rings is 1. The molecule has 3 rings (SSSR count). The molecule has 0 saturated heterocycles. The van der Waals surface area contributed by atoms with Gasteiger partial charge in [-0.15, -0.1) is 11.6 Å². The highest BCUT2D eigenvalue weighted by Gasteiger charge is 2.37. The molecule has 2 aromatic rings. The molecule has 0 spiro atoms. The van der Waals surface area contributed by atoms with Crippen molar-refractivity contribution in [2.75, 3.05) is 0 Å². The van der Waals surface area contributed by atoms with Gasteiger partial charge in [-0.25, -0.2) is 4.98 Å². The lowest BCUT2D eigenvalue weighted by atomic mass is 10.3. The molecule has 90 valence electrons. The lowest BCUT2D eigenvalue weighted by molar-refractivity contribution is 0.659. The Balaban J connectivity index is 2.24. The fraction of sp³-hybridized carbons (Fsp3) is 0.462. The SMILES string of the molecule is CC(Cl)c1nc2cc(Br)ccc2n1C1CC1C. The summed E-state index contributed by atoms with van der Waals surface area (Å²) in [6.45, 7) is 4.26. The smallest absolute Gasteiger partial charge is 0.127 e. The number of rotatable bonds is 2. The van der Waals surface area contributed by atoms with Gasteiger partial charge in [0.15, 0.2) is 0 Å². The van der Waals surface area contributed by atoms with Gasteiger partial charge in [0.1, 0.15) is 5.82 Å². The summed E-state index contributed by atoms with van der Waals surface area (Å²) in [6.07, 6.45) is 1.23. The molecule has 1 heterocycles. The highest BCUT2D eigenvalue weighted by Crippen LogP contribution is 2.46. The van der Waals surface area contributed by atoms with E-state index in [9.17, 15) is 0 Å². The highest BCUT2D eigenvalue weighted by molar-refractivity contribution is 9.10. The molecule has 17 heavy (non-hydrogen) atoms. The van der Waals surface area contributed by atoms with E-state index in [0.29, 0.717) is 6.04 Å². The first kappa shape index (κ1) is 11.5. The summed E-state index contributed by atoms with van der Waals surface area (Å²) >= 11 is 9.73. The third kappa shape index (κ3) is 1.89. The second-order valence-electron chi connectivity index (χ2n) is 4.87. The first-order valence-corrected chi connectivity index (χ1v) is 7.12. The topological polar surface area (TPSA) is 17.8 Å². The van der Waals surface area contributed by atoms with E-state index in [-0.39, 0.29) is 5.38 Å². The molecule has 0 bridgehead atoms. The molecule has 0 aliphatic heterocycles. The highest BCUT2D eigenvalue weighted by atomic mass is 79.9. The minimum Gasteiger partial charge on any atom is -0.323 e. The van der Waals surface area contributed by atoms with Crippen LogP contribution in [0.1, 0.15) is 37.5 Å². The van der Waals surface area contributed by atoms with E-state index in [1.807, 2.05) is 6.92 Å². The number of nitrogens with zero attached hydrogens (tertiary/aromatic N) is 2. The molecule has 0 N–H and O–H groups in total. The Bertz CT molecular complexity index is 576. The van der Waals surface area contributed by atoms with Crippen molar-refractivity contribution in [1.82, 2.24) is 9.55 Å². The molecule has 1 saturated carbocycles. The zero-order valence-corrected chi connectivity index (χ0v) is 12.2. The molecule has 3 unspecified atom stereocenters. The van der Waals surface area contributed by atoms with Gasteiger partial charge in [0.25, 0.3) is 0 Å². The maximum Gasteiger partial charge on any atom is 0.127 e. The fourth-order valence-corrected chi connectivity index (χ4v) is 2.88. The van der Waals surface area contributed by atoms with Gasteiger partial charge in [-0.05, 0) is 37.5 Å². The molecule has 3 atom stereocenters. The molecular weight excluding hydrogens is 300 g/mol. The number of hydrogen-bond donors (Lipinski definition) is 0. The van der Waals surface area contributed by atoms with Crippen LogP contribution in [0.3, 0.4) is 0 Å². The third-order valence-corrected chi connectivity index (χ3v) is 4.12. The predicted octanol–water partition coefficient (Wildman–Crippen LogP) is 4.68. The summed E-state index contributed by atoms with van der Waals surface area (Å²) < 4.78 is 3.39. The molecule has 1 aromatic heterocycles. The average Bonchev–Trinajstić information content (AvgIpc) is 2.86. The van der Waals surface area contributed by atoms with Gasteiger partial charge < -0.3 is 4.57 Å². The van der Waals surface area contributed by atoms with Crippen molar-refractivity contribution in [2.24, 2.45) is 5.92 Å². The van der Waals surface area contributed by atoms with Crippen LogP contribution in [0.15, 0.2) is 22.7 Å². The van der Waals surface area contributed by atoms with E-state index in [4.69, 9.17) is 11.6 Å². The Labute approximate surface area is 114 Å². The first-order chi connectivity index (χ1) is 8.08. The first-order valence-electron chi connectivity index (χ1n) is 5.89. The predicted molar refractivity (Wildman–Crippen MR) is 74.5 cm³/mol. The van der Waals surface area contributed by atoms with Gasteiger partial charge in [-0.2, -0.15) is 0 Å². The van der Waals surface area contributed by atoms with Gasteiger partial charge in [0.05, 0.1) is 16.4 Å². The molecule has 1 aliphatic rings. The quantitative estimate of drug-likeness (QED) is 0.736. The number of aromatic nitrogens is 2. The normalized spacial score (nSPS) is 25.2. The van der Waals surface area contributed by atoms with Crippen molar-refractivity contribution in [3.8, 4) is 0 Å². The van der Waals surface area contributed by atoms with E-state index in [0.717, 1.165) is 21.7 Å². The van der Waals surface area contributed by atoms with E-state index < -0.39 is 0 Å². The maximum atomic E-state index is 6.24. The average molecular weight is 314 g/mol. The Morgan fingerprint density at radius 3 is 2.82 bits per heavy atom. The zero-order chi connectivity index (χ0) is 12.2. The lowest BCUT2D eigenvalue weighted by Crippen LogP contribution is -2.03. The summed E-state index contributed by atoms with van der Waals surface area (Å²) in [4.78, 5) is 4.67. The van der Waals surface area contributed by atoms with Crippen molar-refractivity contribution in [3.05, 3.63) is 28.5 Å². The van der Waals surface area contributed by atoms with Gasteiger partial charge in [0.2, 0.25) is 0 Å². The van der Waals surface area contributed by atoms with E-state index in [2.05, 4.69) is 50.6 Å². The second kappa shape index (κ2) is 3.99. The number of fused-ring (bicyclic) bond motifs is 1. The summed E-state index contributed by atoms with van der Waals surface area (Å²) in [7, 11) is 0. The van der Waals surface area contributed by atoms with E-state index in [1.165, 1.54) is 11.9 Å². The third-order valence-electron chi connectivity index (χ3n) is 3.43. The molecular formula is C13H14BrClN2. The van der Waals surface area contributed by atoms with Crippen molar-refractivity contribution < 1.29 is 0 Å². The van der Waals surface area contributed by atoms with E-state index in [1.54, 1.807) is 0 Å². The van der Waals surface area contributed by atoms with Crippen LogP contribution in [0, 0.1) is 5.92 Å². The molecule has 1 aliphatic carbocycles. The Kier molecular flexibility index (Phi) is 2.71. The van der Waals surface area contributed by atoms with Gasteiger partial charge in [-0.1, -0.05) is 22.9 Å². The van der Waals surface area contributed by atoms with Crippen LogP contribution in [0.25, 0.3) is 11.0 Å². The van der Waals surface area contributed by atoms with Crippen LogP contribution in [-0.2, 0) is 0 Å². The summed E-state index contributed by atoms with van der Waals surface area (Å²) in [5, 5.41) is -0.0472. The van der Waals surface area contributed by atoms with E-state index >= 15 is 0 Å². The molecule has 4 heteroatoms. The minimum atomic E-state index is -0.0472. The van der Waals surface area contributed by atoms with Crippen LogP contribution in [0.4, 0.5) is 0 Å². The fourth-order valence-electron chi connectivity index (χ4n) is 2.38. The van der Waals surface area contributed by atoms with Gasteiger partial charge in [-0.3, -0.25) is 0 Å². The van der Waals surface area contributed by atoms with Crippen LogP contribution in [0.5, 0.6) is 0 Å². The second-order valence-corrected chi connectivity index (χ2v) is 6.44. The van der Waals surface area contributed by atoms with Crippen molar-refractivity contribution in [2.45, 2.75) is 31.7 Å². The maximum absolute atomic E-state index is 6.24. The Hall–Kier alpha value is -0.540. The summed E-state index contributed by atoms with van der Waals surface area (Å²) in [6, 6.07) is 6.83. The van der Waals surface area contributed by atoms with Crippen molar-refractivity contribution in [3.63, 3.8) is 0 Å².